The Morgan fingerprint density at radius 1 is 1.55 bits per heavy atom. The van der Waals surface area contributed by atoms with E-state index in [2.05, 4.69) is 0 Å². The summed E-state index contributed by atoms with van der Waals surface area (Å²) in [5, 5.41) is 19.9. The van der Waals surface area contributed by atoms with E-state index in [9.17, 15) is 10.0 Å². The zero-order chi connectivity index (χ0) is 8.32. The molecule has 4 nitrogen and oxygen atoms in total. The Balaban J connectivity index is 2.56. The van der Waals surface area contributed by atoms with Gasteiger partial charge in [0.05, 0.1) is 13.1 Å². The average Bonchev–Trinajstić information content (AvgIpc) is 2.04. The normalized spacial score (nSPS) is 23.1. The topological polar surface area (TPSA) is 60.4 Å². The van der Waals surface area contributed by atoms with Crippen LogP contribution in [0.1, 0.15) is 0 Å². The van der Waals surface area contributed by atoms with Crippen LogP contribution >= 0.6 is 11.8 Å². The molecule has 0 atom stereocenters. The minimum absolute atomic E-state index is 0.310. The Hall–Kier alpha value is -0.100. The van der Waals surface area contributed by atoms with Gasteiger partial charge in [-0.15, -0.1) is 0 Å². The molecule has 0 aromatic rings. The van der Waals surface area contributed by atoms with Crippen molar-refractivity contribution in [3.8, 4) is 0 Å². The molecule has 1 rings (SSSR count). The number of rotatable bonds is 1. The molecule has 11 heavy (non-hydrogen) atoms. The summed E-state index contributed by atoms with van der Waals surface area (Å²) in [5.74, 6) is 0.829. The maximum atomic E-state index is 11.5. The van der Waals surface area contributed by atoms with Crippen LogP contribution in [0, 0.1) is 5.21 Å². The number of carbonyl (C=O) groups is 1. The highest BCUT2D eigenvalue weighted by atomic mass is 32.2. The SMILES string of the molecule is O=C(CO)[N+]1([O-])CCSCC1. The molecule has 1 amide bonds. The summed E-state index contributed by atoms with van der Waals surface area (Å²) in [6.45, 7) is -0.0116. The number of quaternary nitrogens is 1. The molecule has 0 aromatic heterocycles. The van der Waals surface area contributed by atoms with Crippen LogP contribution in [-0.2, 0) is 4.79 Å². The van der Waals surface area contributed by atoms with Crippen LogP contribution in [0.5, 0.6) is 0 Å². The Labute approximate surface area is 69.4 Å². The summed E-state index contributed by atoms with van der Waals surface area (Å²) in [6, 6.07) is 0. The highest BCUT2D eigenvalue weighted by Crippen LogP contribution is 2.16. The van der Waals surface area contributed by atoms with E-state index >= 15 is 0 Å². The number of hydroxylamine groups is 3. The molecule has 0 unspecified atom stereocenters. The monoisotopic (exact) mass is 177 g/mol. The first kappa shape index (κ1) is 8.99. The van der Waals surface area contributed by atoms with E-state index in [0.717, 1.165) is 11.5 Å². The van der Waals surface area contributed by atoms with Crippen LogP contribution in [0.3, 0.4) is 0 Å². The number of aliphatic hydroxyl groups is 1. The third-order valence-electron chi connectivity index (χ3n) is 1.78. The molecule has 0 saturated carbocycles. The molecular weight excluding hydrogens is 166 g/mol. The van der Waals surface area contributed by atoms with Gasteiger partial charge in [-0.05, 0) is 0 Å². The molecule has 0 bridgehead atoms. The highest BCUT2D eigenvalue weighted by molar-refractivity contribution is 7.99. The highest BCUT2D eigenvalue weighted by Gasteiger charge is 2.28. The molecule has 1 saturated heterocycles. The molecule has 0 spiro atoms. The van der Waals surface area contributed by atoms with Crippen LogP contribution in [0.4, 0.5) is 0 Å². The molecule has 0 aromatic carbocycles. The molecule has 0 radical (unpaired) electrons. The first-order valence-corrected chi connectivity index (χ1v) is 4.64. The molecule has 1 fully saturated rings. The number of hydrogen-bond acceptors (Lipinski definition) is 4. The van der Waals surface area contributed by atoms with E-state index in [1.54, 1.807) is 11.8 Å². The lowest BCUT2D eigenvalue weighted by Crippen LogP contribution is -2.53. The quantitative estimate of drug-likeness (QED) is 0.436. The van der Waals surface area contributed by atoms with Gasteiger partial charge in [-0.3, -0.25) is 4.65 Å². The van der Waals surface area contributed by atoms with Crippen LogP contribution in [0.15, 0.2) is 0 Å². The lowest BCUT2D eigenvalue weighted by molar-refractivity contribution is -0.800. The van der Waals surface area contributed by atoms with E-state index in [-0.39, 0.29) is 0 Å². The average molecular weight is 177 g/mol. The first-order chi connectivity index (χ1) is 5.19. The van der Waals surface area contributed by atoms with Crippen molar-refractivity contribution >= 4 is 17.7 Å². The second-order valence-electron chi connectivity index (χ2n) is 2.50. The van der Waals surface area contributed by atoms with Gasteiger partial charge in [0.15, 0.2) is 6.61 Å². The largest absolute Gasteiger partial charge is 0.625 e. The summed E-state index contributed by atoms with van der Waals surface area (Å²) in [5.41, 5.74) is 0. The fraction of sp³-hybridized carbons (Fsp3) is 0.833. The van der Waals surface area contributed by atoms with Crippen molar-refractivity contribution in [2.75, 3.05) is 31.2 Å². The summed E-state index contributed by atoms with van der Waals surface area (Å²) in [4.78, 5) is 10.9. The Morgan fingerprint density at radius 3 is 2.55 bits per heavy atom. The fourth-order valence-electron chi connectivity index (χ4n) is 1.02. The molecule has 1 aliphatic heterocycles. The number of thioether (sulfide) groups is 1. The molecule has 0 aliphatic carbocycles. The third-order valence-corrected chi connectivity index (χ3v) is 2.73. The van der Waals surface area contributed by atoms with Crippen LogP contribution in [-0.4, -0.2) is 46.9 Å². The Bertz CT molecular complexity index is 156. The summed E-state index contributed by atoms with van der Waals surface area (Å²) >= 11 is 1.68. The lowest BCUT2D eigenvalue weighted by atomic mass is 10.4. The maximum Gasteiger partial charge on any atom is 0.339 e. The van der Waals surface area contributed by atoms with Crippen molar-refractivity contribution in [1.82, 2.24) is 0 Å². The maximum absolute atomic E-state index is 11.5. The number of nitrogens with zero attached hydrogens (tertiary/aromatic N) is 1. The zero-order valence-electron chi connectivity index (χ0n) is 6.15. The van der Waals surface area contributed by atoms with Gasteiger partial charge in [0.2, 0.25) is 0 Å². The summed E-state index contributed by atoms with van der Waals surface area (Å²) in [6.07, 6.45) is 0. The van der Waals surface area contributed by atoms with Crippen molar-refractivity contribution in [2.24, 2.45) is 0 Å². The molecule has 1 N–H and O–H groups in total. The predicted octanol–water partition coefficient (Wildman–Crippen LogP) is -0.433. The molecule has 64 valence electrons. The number of hydrogen-bond donors (Lipinski definition) is 1. The number of amides is 1. The Kier molecular flexibility index (Phi) is 2.89. The molecular formula is C6H11NO3S. The van der Waals surface area contributed by atoms with E-state index in [1.165, 1.54) is 0 Å². The second kappa shape index (κ2) is 3.53. The van der Waals surface area contributed by atoms with Gasteiger partial charge in [0.1, 0.15) is 0 Å². The van der Waals surface area contributed by atoms with Crippen molar-refractivity contribution in [2.45, 2.75) is 0 Å². The molecule has 1 aliphatic rings. The van der Waals surface area contributed by atoms with Gasteiger partial charge in [0.25, 0.3) is 0 Å². The summed E-state index contributed by atoms with van der Waals surface area (Å²) in [7, 11) is 0. The van der Waals surface area contributed by atoms with Gasteiger partial charge < -0.3 is 10.3 Å². The summed E-state index contributed by atoms with van der Waals surface area (Å²) < 4.78 is -0.830. The lowest BCUT2D eigenvalue weighted by Gasteiger charge is -2.41. The molecule has 1 heterocycles. The van der Waals surface area contributed by atoms with Crippen LogP contribution in [0.2, 0.25) is 0 Å². The van der Waals surface area contributed by atoms with Gasteiger partial charge in [-0.1, -0.05) is 0 Å². The minimum atomic E-state index is -0.830. The van der Waals surface area contributed by atoms with E-state index in [0.29, 0.717) is 13.1 Å². The molecule has 5 heteroatoms. The van der Waals surface area contributed by atoms with Gasteiger partial charge in [-0.25, -0.2) is 4.79 Å². The fourth-order valence-corrected chi connectivity index (χ4v) is 2.07. The third kappa shape index (κ3) is 1.93. The standard InChI is InChI=1S/C6H11NO3S/c8-5-6(9)7(10)1-3-11-4-2-7/h8H,1-5H2. The Morgan fingerprint density at radius 2 is 2.09 bits per heavy atom. The minimum Gasteiger partial charge on any atom is -0.625 e. The van der Waals surface area contributed by atoms with Crippen molar-refractivity contribution in [1.29, 1.82) is 0 Å². The zero-order valence-corrected chi connectivity index (χ0v) is 6.97. The number of carbonyl (C=O) groups excluding carboxylic acids is 1. The van der Waals surface area contributed by atoms with Crippen molar-refractivity contribution in [3.05, 3.63) is 5.21 Å². The smallest absolute Gasteiger partial charge is 0.339 e. The number of aliphatic hydroxyl groups excluding tert-OH is 1. The van der Waals surface area contributed by atoms with Crippen LogP contribution in [0.25, 0.3) is 0 Å². The van der Waals surface area contributed by atoms with Crippen LogP contribution < -0.4 is 0 Å². The van der Waals surface area contributed by atoms with E-state index in [1.807, 2.05) is 0 Å². The van der Waals surface area contributed by atoms with E-state index < -0.39 is 17.2 Å². The van der Waals surface area contributed by atoms with Crippen molar-refractivity contribution in [3.63, 3.8) is 0 Å². The van der Waals surface area contributed by atoms with Gasteiger partial charge in [0, 0.05) is 11.5 Å². The first-order valence-electron chi connectivity index (χ1n) is 3.49. The van der Waals surface area contributed by atoms with E-state index in [4.69, 9.17) is 5.11 Å². The van der Waals surface area contributed by atoms with Gasteiger partial charge in [-0.2, -0.15) is 11.8 Å². The predicted molar refractivity (Wildman–Crippen MR) is 42.8 cm³/mol. The second-order valence-corrected chi connectivity index (χ2v) is 3.73. The van der Waals surface area contributed by atoms with Gasteiger partial charge >= 0.3 is 5.91 Å². The van der Waals surface area contributed by atoms with Crippen molar-refractivity contribution < 1.29 is 14.5 Å².